The van der Waals surface area contributed by atoms with E-state index in [1.807, 2.05) is 12.1 Å². The summed E-state index contributed by atoms with van der Waals surface area (Å²) >= 11 is 0. The van der Waals surface area contributed by atoms with Gasteiger partial charge in [-0.25, -0.2) is 0 Å². The molecule has 0 radical (unpaired) electrons. The van der Waals surface area contributed by atoms with Gasteiger partial charge in [0.15, 0.2) is 0 Å². The van der Waals surface area contributed by atoms with E-state index in [-0.39, 0.29) is 17.7 Å². The number of carbonyl (C=O) groups excluding carboxylic acids is 2. The highest BCUT2D eigenvalue weighted by molar-refractivity contribution is 5.81. The molecule has 0 aromatic heterocycles. The molecule has 2 amide bonds. The lowest BCUT2D eigenvalue weighted by Crippen LogP contribution is -2.31. The third kappa shape index (κ3) is 3.90. The largest absolute Gasteiger partial charge is 0.497 e. The number of carbonyl (C=O) groups is 2. The van der Waals surface area contributed by atoms with Gasteiger partial charge in [-0.1, -0.05) is 0 Å². The van der Waals surface area contributed by atoms with E-state index in [0.717, 1.165) is 5.56 Å². The summed E-state index contributed by atoms with van der Waals surface area (Å²) in [4.78, 5) is 25.1. The SMILES string of the molecule is COc1cc(CCC(=O)N2CC[C@H](C(N)=O)C2)cc(OC)c1. The Morgan fingerprint density at radius 1 is 1.23 bits per heavy atom. The molecule has 6 heteroatoms. The van der Waals surface area contributed by atoms with Crippen molar-refractivity contribution in [2.24, 2.45) is 11.7 Å². The molecule has 1 heterocycles. The highest BCUT2D eigenvalue weighted by Crippen LogP contribution is 2.24. The van der Waals surface area contributed by atoms with Crippen LogP contribution in [0.3, 0.4) is 0 Å². The molecule has 22 heavy (non-hydrogen) atoms. The summed E-state index contributed by atoms with van der Waals surface area (Å²) in [5.41, 5.74) is 6.27. The molecule has 2 N–H and O–H groups in total. The Bertz CT molecular complexity index is 537. The summed E-state index contributed by atoms with van der Waals surface area (Å²) in [6.07, 6.45) is 1.65. The summed E-state index contributed by atoms with van der Waals surface area (Å²) in [6, 6.07) is 5.58. The minimum absolute atomic E-state index is 0.0468. The van der Waals surface area contributed by atoms with E-state index < -0.39 is 0 Å². The number of rotatable bonds is 6. The zero-order valence-corrected chi connectivity index (χ0v) is 13.0. The number of ether oxygens (including phenoxy) is 2. The Labute approximate surface area is 130 Å². The normalized spacial score (nSPS) is 17.4. The molecule has 1 aromatic rings. The minimum atomic E-state index is -0.326. The fourth-order valence-corrected chi connectivity index (χ4v) is 2.64. The van der Waals surface area contributed by atoms with Crippen LogP contribution in [0, 0.1) is 5.92 Å². The van der Waals surface area contributed by atoms with Gasteiger partial charge in [-0.05, 0) is 30.5 Å². The molecule has 0 aliphatic carbocycles. The molecular weight excluding hydrogens is 284 g/mol. The van der Waals surface area contributed by atoms with Crippen molar-refractivity contribution in [2.75, 3.05) is 27.3 Å². The number of benzene rings is 1. The number of methoxy groups -OCH3 is 2. The van der Waals surface area contributed by atoms with Crippen molar-refractivity contribution >= 4 is 11.8 Å². The van der Waals surface area contributed by atoms with E-state index in [1.54, 1.807) is 25.2 Å². The summed E-state index contributed by atoms with van der Waals surface area (Å²) in [7, 11) is 3.19. The fourth-order valence-electron chi connectivity index (χ4n) is 2.64. The molecule has 1 aliphatic heterocycles. The molecule has 1 atom stereocenters. The Kier molecular flexibility index (Phi) is 5.25. The fraction of sp³-hybridized carbons (Fsp3) is 0.500. The van der Waals surface area contributed by atoms with Gasteiger partial charge in [0, 0.05) is 25.6 Å². The monoisotopic (exact) mass is 306 g/mol. The van der Waals surface area contributed by atoms with Gasteiger partial charge in [-0.3, -0.25) is 9.59 Å². The van der Waals surface area contributed by atoms with Gasteiger partial charge in [-0.2, -0.15) is 0 Å². The number of aryl methyl sites for hydroxylation is 1. The van der Waals surface area contributed by atoms with Crippen LogP contribution in [-0.2, 0) is 16.0 Å². The Morgan fingerprint density at radius 3 is 2.36 bits per heavy atom. The van der Waals surface area contributed by atoms with E-state index in [9.17, 15) is 9.59 Å². The standard InChI is InChI=1S/C16H22N2O4/c1-21-13-7-11(8-14(9-13)22-2)3-4-15(19)18-6-5-12(10-18)16(17)20/h7-9,12H,3-6,10H2,1-2H3,(H2,17,20)/t12-/m0/s1. The topological polar surface area (TPSA) is 81.9 Å². The van der Waals surface area contributed by atoms with Crippen LogP contribution >= 0.6 is 0 Å². The molecule has 120 valence electrons. The lowest BCUT2D eigenvalue weighted by molar-refractivity contribution is -0.130. The molecule has 1 aliphatic rings. The van der Waals surface area contributed by atoms with Crippen LogP contribution in [0.2, 0.25) is 0 Å². The molecule has 1 saturated heterocycles. The van der Waals surface area contributed by atoms with Crippen molar-refractivity contribution in [3.05, 3.63) is 23.8 Å². The summed E-state index contributed by atoms with van der Waals surface area (Å²) in [6.45, 7) is 1.05. The second-order valence-electron chi connectivity index (χ2n) is 5.45. The predicted molar refractivity (Wildman–Crippen MR) is 81.7 cm³/mol. The molecule has 0 bridgehead atoms. The highest BCUT2D eigenvalue weighted by atomic mass is 16.5. The van der Waals surface area contributed by atoms with Gasteiger partial charge in [0.1, 0.15) is 11.5 Å². The third-order valence-corrected chi connectivity index (χ3v) is 3.98. The van der Waals surface area contributed by atoms with Gasteiger partial charge in [0.05, 0.1) is 20.1 Å². The first-order chi connectivity index (χ1) is 10.5. The maximum atomic E-state index is 12.2. The maximum Gasteiger partial charge on any atom is 0.222 e. The average molecular weight is 306 g/mol. The first kappa shape index (κ1) is 16.1. The number of likely N-dealkylation sites (tertiary alicyclic amines) is 1. The van der Waals surface area contributed by atoms with Gasteiger partial charge in [0.25, 0.3) is 0 Å². The molecule has 0 spiro atoms. The molecule has 0 saturated carbocycles. The van der Waals surface area contributed by atoms with Gasteiger partial charge in [0.2, 0.25) is 11.8 Å². The van der Waals surface area contributed by atoms with E-state index in [2.05, 4.69) is 0 Å². The van der Waals surface area contributed by atoms with Crippen LogP contribution in [0.4, 0.5) is 0 Å². The van der Waals surface area contributed by atoms with Crippen molar-refractivity contribution in [2.45, 2.75) is 19.3 Å². The van der Waals surface area contributed by atoms with Crippen molar-refractivity contribution in [1.29, 1.82) is 0 Å². The minimum Gasteiger partial charge on any atom is -0.497 e. The zero-order valence-electron chi connectivity index (χ0n) is 13.0. The van der Waals surface area contributed by atoms with Crippen LogP contribution in [0.5, 0.6) is 11.5 Å². The molecule has 1 fully saturated rings. The number of nitrogens with zero attached hydrogens (tertiary/aromatic N) is 1. The van der Waals surface area contributed by atoms with Crippen LogP contribution in [0.1, 0.15) is 18.4 Å². The summed E-state index contributed by atoms with van der Waals surface area (Å²) < 4.78 is 10.4. The highest BCUT2D eigenvalue weighted by Gasteiger charge is 2.29. The first-order valence-corrected chi connectivity index (χ1v) is 7.32. The number of hydrogen-bond acceptors (Lipinski definition) is 4. The van der Waals surface area contributed by atoms with Crippen molar-refractivity contribution in [3.8, 4) is 11.5 Å². The number of primary amides is 1. The zero-order chi connectivity index (χ0) is 16.1. The second kappa shape index (κ2) is 7.15. The predicted octanol–water partition coefficient (Wildman–Crippen LogP) is 0.970. The second-order valence-corrected chi connectivity index (χ2v) is 5.45. The quantitative estimate of drug-likeness (QED) is 0.849. The Hall–Kier alpha value is -2.24. The van der Waals surface area contributed by atoms with Crippen LogP contribution in [0.25, 0.3) is 0 Å². The number of hydrogen-bond donors (Lipinski definition) is 1. The van der Waals surface area contributed by atoms with Crippen LogP contribution < -0.4 is 15.2 Å². The molecular formula is C16H22N2O4. The van der Waals surface area contributed by atoms with E-state index in [1.165, 1.54) is 0 Å². The number of amides is 2. The van der Waals surface area contributed by atoms with Gasteiger partial charge >= 0.3 is 0 Å². The molecule has 6 nitrogen and oxygen atoms in total. The summed E-state index contributed by atoms with van der Waals surface area (Å²) in [5.74, 6) is 0.924. The number of nitrogens with two attached hydrogens (primary N) is 1. The smallest absolute Gasteiger partial charge is 0.222 e. The molecule has 2 rings (SSSR count). The average Bonchev–Trinajstić information content (AvgIpc) is 3.02. The van der Waals surface area contributed by atoms with Gasteiger partial charge < -0.3 is 20.1 Å². The van der Waals surface area contributed by atoms with Crippen molar-refractivity contribution in [3.63, 3.8) is 0 Å². The van der Waals surface area contributed by atoms with Gasteiger partial charge in [-0.15, -0.1) is 0 Å². The first-order valence-electron chi connectivity index (χ1n) is 7.32. The molecule has 1 aromatic carbocycles. The van der Waals surface area contributed by atoms with E-state index in [4.69, 9.17) is 15.2 Å². The lowest BCUT2D eigenvalue weighted by Gasteiger charge is -2.16. The Morgan fingerprint density at radius 2 is 1.86 bits per heavy atom. The third-order valence-electron chi connectivity index (χ3n) is 3.98. The van der Waals surface area contributed by atoms with E-state index in [0.29, 0.717) is 43.9 Å². The molecule has 0 unspecified atom stereocenters. The Balaban J connectivity index is 1.93. The van der Waals surface area contributed by atoms with Crippen LogP contribution in [-0.4, -0.2) is 44.0 Å². The maximum absolute atomic E-state index is 12.2. The van der Waals surface area contributed by atoms with Crippen LogP contribution in [0.15, 0.2) is 18.2 Å². The van der Waals surface area contributed by atoms with Crippen molar-refractivity contribution < 1.29 is 19.1 Å². The van der Waals surface area contributed by atoms with E-state index >= 15 is 0 Å². The van der Waals surface area contributed by atoms with Crippen molar-refractivity contribution in [1.82, 2.24) is 4.90 Å². The summed E-state index contributed by atoms with van der Waals surface area (Å²) in [5, 5.41) is 0. The lowest BCUT2D eigenvalue weighted by atomic mass is 10.1.